The fourth-order valence-corrected chi connectivity index (χ4v) is 4.17. The molecule has 0 aromatic carbocycles. The maximum absolute atomic E-state index is 12.7. The highest BCUT2D eigenvalue weighted by Crippen LogP contribution is 2.26. The highest BCUT2D eigenvalue weighted by Gasteiger charge is 2.39. The Morgan fingerprint density at radius 2 is 2.19 bits per heavy atom. The number of rotatable bonds is 5. The smallest absolute Gasteiger partial charge is 0.244 e. The largest absolute Gasteiger partial charge is 0.392 e. The van der Waals surface area contributed by atoms with E-state index < -0.39 is 16.1 Å². The lowest BCUT2D eigenvalue weighted by atomic mass is 10.2. The zero-order valence-electron chi connectivity index (χ0n) is 12.3. The highest BCUT2D eigenvalue weighted by molar-refractivity contribution is 7.89. The van der Waals surface area contributed by atoms with Gasteiger partial charge < -0.3 is 15.7 Å². The second-order valence-electron chi connectivity index (χ2n) is 5.57. The molecule has 1 fully saturated rings. The molecule has 21 heavy (non-hydrogen) atoms. The molecule has 118 valence electrons. The Morgan fingerprint density at radius 1 is 1.48 bits per heavy atom. The molecule has 0 radical (unpaired) electrons. The van der Waals surface area contributed by atoms with E-state index in [1.165, 1.54) is 16.6 Å². The first kappa shape index (κ1) is 16.3. The second-order valence-corrected chi connectivity index (χ2v) is 7.46. The number of hydrogen-bond acceptors (Lipinski definition) is 6. The van der Waals surface area contributed by atoms with Crippen molar-refractivity contribution < 1.29 is 13.5 Å². The second kappa shape index (κ2) is 6.37. The van der Waals surface area contributed by atoms with E-state index in [9.17, 15) is 13.5 Å². The minimum atomic E-state index is -3.65. The minimum Gasteiger partial charge on any atom is -0.392 e. The van der Waals surface area contributed by atoms with Crippen molar-refractivity contribution in [2.75, 3.05) is 27.2 Å². The first-order chi connectivity index (χ1) is 9.84. The number of pyridine rings is 1. The molecule has 1 aromatic rings. The molecule has 7 nitrogen and oxygen atoms in total. The molecule has 3 N–H and O–H groups in total. The molecule has 2 rings (SSSR count). The Hall–Kier alpha value is -1.06. The van der Waals surface area contributed by atoms with E-state index >= 15 is 0 Å². The molecule has 0 saturated carbocycles. The van der Waals surface area contributed by atoms with Crippen molar-refractivity contribution in [3.63, 3.8) is 0 Å². The zero-order valence-corrected chi connectivity index (χ0v) is 13.1. The van der Waals surface area contributed by atoms with Crippen LogP contribution in [0, 0.1) is 0 Å². The van der Waals surface area contributed by atoms with Crippen LogP contribution in [0.1, 0.15) is 12.1 Å². The van der Waals surface area contributed by atoms with Crippen molar-refractivity contribution in [1.82, 2.24) is 14.2 Å². The fourth-order valence-electron chi connectivity index (χ4n) is 2.56. The van der Waals surface area contributed by atoms with Crippen molar-refractivity contribution >= 4 is 10.0 Å². The van der Waals surface area contributed by atoms with Crippen LogP contribution in [0.5, 0.6) is 0 Å². The van der Waals surface area contributed by atoms with Crippen LogP contribution in [0.2, 0.25) is 0 Å². The van der Waals surface area contributed by atoms with E-state index in [-0.39, 0.29) is 24.0 Å². The van der Waals surface area contributed by atoms with E-state index in [4.69, 9.17) is 5.73 Å². The molecule has 1 saturated heterocycles. The average molecular weight is 314 g/mol. The van der Waals surface area contributed by atoms with E-state index in [1.807, 2.05) is 19.0 Å². The molecule has 2 atom stereocenters. The van der Waals surface area contributed by atoms with Gasteiger partial charge in [-0.25, -0.2) is 8.42 Å². The standard InChI is InChI=1S/C13H22N4O3S/c1-16(2)8-11-5-12(18)9-17(11)21(19,20)13-4-3-10(6-14)15-7-13/h3-4,7,11-12,18H,5-6,8-9,14H2,1-2H3. The Bertz CT molecular complexity index is 574. The predicted molar refractivity (Wildman–Crippen MR) is 79.0 cm³/mol. The van der Waals surface area contributed by atoms with Crippen LogP contribution in [0.25, 0.3) is 0 Å². The number of aliphatic hydroxyl groups is 1. The Morgan fingerprint density at radius 3 is 2.71 bits per heavy atom. The summed E-state index contributed by atoms with van der Waals surface area (Å²) in [6.07, 6.45) is 1.15. The van der Waals surface area contributed by atoms with Gasteiger partial charge in [0.2, 0.25) is 10.0 Å². The monoisotopic (exact) mass is 314 g/mol. The number of nitrogens with two attached hydrogens (primary N) is 1. The average Bonchev–Trinajstić information content (AvgIpc) is 2.79. The molecule has 0 spiro atoms. The normalized spacial score (nSPS) is 23.9. The van der Waals surface area contributed by atoms with Gasteiger partial charge in [-0.2, -0.15) is 4.31 Å². The maximum atomic E-state index is 12.7. The lowest BCUT2D eigenvalue weighted by Gasteiger charge is -2.26. The topological polar surface area (TPSA) is 99.8 Å². The van der Waals surface area contributed by atoms with Gasteiger partial charge in [-0.05, 0) is 32.6 Å². The van der Waals surface area contributed by atoms with Gasteiger partial charge in [0.1, 0.15) is 4.90 Å². The van der Waals surface area contributed by atoms with E-state index in [2.05, 4.69) is 4.98 Å². The minimum absolute atomic E-state index is 0.124. The van der Waals surface area contributed by atoms with E-state index in [0.29, 0.717) is 18.7 Å². The van der Waals surface area contributed by atoms with Crippen LogP contribution in [-0.4, -0.2) is 67.0 Å². The quantitative estimate of drug-likeness (QED) is 0.740. The van der Waals surface area contributed by atoms with Crippen molar-refractivity contribution in [2.45, 2.75) is 30.0 Å². The predicted octanol–water partition coefficient (Wildman–Crippen LogP) is -0.774. The number of sulfonamides is 1. The lowest BCUT2D eigenvalue weighted by molar-refractivity contribution is 0.188. The highest BCUT2D eigenvalue weighted by atomic mass is 32.2. The van der Waals surface area contributed by atoms with Gasteiger partial charge >= 0.3 is 0 Å². The zero-order chi connectivity index (χ0) is 15.6. The van der Waals surface area contributed by atoms with Crippen molar-refractivity contribution in [3.8, 4) is 0 Å². The summed E-state index contributed by atoms with van der Waals surface area (Å²) < 4.78 is 26.8. The van der Waals surface area contributed by atoms with Crippen LogP contribution in [0.15, 0.2) is 23.2 Å². The summed E-state index contributed by atoms with van der Waals surface area (Å²) >= 11 is 0. The number of nitrogens with zero attached hydrogens (tertiary/aromatic N) is 3. The summed E-state index contributed by atoms with van der Waals surface area (Å²) in [7, 11) is 0.116. The Kier molecular flexibility index (Phi) is 4.95. The third-order valence-electron chi connectivity index (χ3n) is 3.53. The molecule has 1 aliphatic heterocycles. The van der Waals surface area contributed by atoms with Gasteiger partial charge in [0.25, 0.3) is 0 Å². The van der Waals surface area contributed by atoms with Crippen LogP contribution in [-0.2, 0) is 16.6 Å². The van der Waals surface area contributed by atoms with Gasteiger partial charge in [0, 0.05) is 31.9 Å². The van der Waals surface area contributed by atoms with Gasteiger partial charge in [0.15, 0.2) is 0 Å². The van der Waals surface area contributed by atoms with Gasteiger partial charge in [0.05, 0.1) is 11.8 Å². The van der Waals surface area contributed by atoms with Gasteiger partial charge in [-0.1, -0.05) is 0 Å². The third kappa shape index (κ3) is 3.58. The molecule has 0 bridgehead atoms. The number of aliphatic hydroxyl groups excluding tert-OH is 1. The van der Waals surface area contributed by atoms with Gasteiger partial charge in [-0.3, -0.25) is 4.98 Å². The Labute approximate surface area is 125 Å². The summed E-state index contributed by atoms with van der Waals surface area (Å²) in [5.41, 5.74) is 6.10. The summed E-state index contributed by atoms with van der Waals surface area (Å²) in [4.78, 5) is 6.09. The fraction of sp³-hybridized carbons (Fsp3) is 0.615. The number of aromatic nitrogens is 1. The first-order valence-corrected chi connectivity index (χ1v) is 8.28. The molecular weight excluding hydrogens is 292 g/mol. The maximum Gasteiger partial charge on any atom is 0.244 e. The molecule has 1 aromatic heterocycles. The summed E-state index contributed by atoms with van der Waals surface area (Å²) in [6.45, 7) is 0.968. The third-order valence-corrected chi connectivity index (χ3v) is 5.43. The van der Waals surface area contributed by atoms with Crippen molar-refractivity contribution in [3.05, 3.63) is 24.0 Å². The molecule has 2 heterocycles. The summed E-state index contributed by atoms with van der Waals surface area (Å²) in [5, 5.41) is 9.82. The summed E-state index contributed by atoms with van der Waals surface area (Å²) in [5.74, 6) is 0. The van der Waals surface area contributed by atoms with Crippen LogP contribution >= 0.6 is 0 Å². The number of likely N-dealkylation sites (N-methyl/N-ethyl adjacent to an activating group) is 1. The Balaban J connectivity index is 2.27. The van der Waals surface area contributed by atoms with Gasteiger partial charge in [-0.15, -0.1) is 0 Å². The SMILES string of the molecule is CN(C)CC1CC(O)CN1S(=O)(=O)c1ccc(CN)nc1. The van der Waals surface area contributed by atoms with Crippen LogP contribution < -0.4 is 5.73 Å². The van der Waals surface area contributed by atoms with Crippen LogP contribution in [0.3, 0.4) is 0 Å². The molecule has 2 unspecified atom stereocenters. The summed E-state index contributed by atoms with van der Waals surface area (Å²) in [6, 6.07) is 2.90. The van der Waals surface area contributed by atoms with Crippen molar-refractivity contribution in [2.24, 2.45) is 5.73 Å². The number of hydrogen-bond donors (Lipinski definition) is 2. The molecular formula is C13H22N4O3S. The van der Waals surface area contributed by atoms with E-state index in [1.54, 1.807) is 6.07 Å². The molecule has 8 heteroatoms. The molecule has 0 aliphatic carbocycles. The van der Waals surface area contributed by atoms with Crippen LogP contribution in [0.4, 0.5) is 0 Å². The first-order valence-electron chi connectivity index (χ1n) is 6.84. The van der Waals surface area contributed by atoms with E-state index in [0.717, 1.165) is 0 Å². The number of β-amino-alcohol motifs (C(OH)–C–C–N with tert-alkyl or cyclic N) is 1. The van der Waals surface area contributed by atoms with Crippen molar-refractivity contribution in [1.29, 1.82) is 0 Å². The molecule has 1 aliphatic rings. The lowest BCUT2D eigenvalue weighted by Crippen LogP contribution is -2.41. The molecule has 0 amide bonds.